The van der Waals surface area contributed by atoms with Gasteiger partial charge in [-0.15, -0.1) is 0 Å². The van der Waals surface area contributed by atoms with Crippen LogP contribution in [0.25, 0.3) is 0 Å². The number of methoxy groups -OCH3 is 1. The molecule has 0 saturated carbocycles. The molecule has 1 aromatic rings. The second kappa shape index (κ2) is 11.1. The lowest BCUT2D eigenvalue weighted by Gasteiger charge is -2.20. The summed E-state index contributed by atoms with van der Waals surface area (Å²) in [6.45, 7) is 5.55. The summed E-state index contributed by atoms with van der Waals surface area (Å²) >= 11 is 3.59. The number of hydrogen-bond donors (Lipinski definition) is 1. The molecule has 1 aromatic carbocycles. The third-order valence-corrected chi connectivity index (χ3v) is 4.44. The van der Waals surface area contributed by atoms with Crippen molar-refractivity contribution >= 4 is 15.9 Å². The van der Waals surface area contributed by atoms with Gasteiger partial charge in [-0.2, -0.15) is 0 Å². The quantitative estimate of drug-likeness (QED) is 0.502. The summed E-state index contributed by atoms with van der Waals surface area (Å²) in [5.74, 6) is 0.899. The number of benzene rings is 1. The van der Waals surface area contributed by atoms with Gasteiger partial charge in [0.2, 0.25) is 0 Å². The molecule has 1 atom stereocenters. The monoisotopic (exact) mass is 355 g/mol. The Morgan fingerprint density at radius 1 is 1.10 bits per heavy atom. The van der Waals surface area contributed by atoms with Crippen molar-refractivity contribution in [2.75, 3.05) is 13.7 Å². The maximum atomic E-state index is 5.32. The zero-order valence-electron chi connectivity index (χ0n) is 13.8. The van der Waals surface area contributed by atoms with Crippen LogP contribution < -0.4 is 10.1 Å². The third-order valence-electron chi connectivity index (χ3n) is 3.82. The Bertz CT molecular complexity index is 395. The fraction of sp³-hybridized carbons (Fsp3) is 0.667. The summed E-state index contributed by atoms with van der Waals surface area (Å²) in [5.41, 5.74) is 1.35. The number of unbranched alkanes of at least 4 members (excludes halogenated alkanes) is 4. The van der Waals surface area contributed by atoms with Gasteiger partial charge in [0, 0.05) is 6.04 Å². The van der Waals surface area contributed by atoms with Gasteiger partial charge < -0.3 is 10.1 Å². The highest BCUT2D eigenvalue weighted by atomic mass is 79.9. The molecular formula is C18H30BrNO. The van der Waals surface area contributed by atoms with Crippen molar-refractivity contribution in [2.24, 2.45) is 0 Å². The summed E-state index contributed by atoms with van der Waals surface area (Å²) in [5, 5.41) is 3.68. The van der Waals surface area contributed by atoms with E-state index in [2.05, 4.69) is 53.3 Å². The molecule has 0 heterocycles. The van der Waals surface area contributed by atoms with Gasteiger partial charge in [-0.25, -0.2) is 0 Å². The molecule has 0 aliphatic heterocycles. The van der Waals surface area contributed by atoms with E-state index in [1.807, 2.05) is 0 Å². The van der Waals surface area contributed by atoms with E-state index < -0.39 is 0 Å². The van der Waals surface area contributed by atoms with Gasteiger partial charge in [0.05, 0.1) is 11.6 Å². The van der Waals surface area contributed by atoms with Crippen LogP contribution >= 0.6 is 15.9 Å². The molecule has 0 amide bonds. The molecule has 0 bridgehead atoms. The number of halogens is 1. The Labute approximate surface area is 138 Å². The molecule has 0 radical (unpaired) electrons. The molecule has 3 heteroatoms. The fourth-order valence-electron chi connectivity index (χ4n) is 2.56. The van der Waals surface area contributed by atoms with E-state index in [4.69, 9.17) is 4.74 Å². The molecule has 0 spiro atoms. The molecule has 0 aromatic heterocycles. The van der Waals surface area contributed by atoms with Crippen LogP contribution in [0.1, 0.15) is 70.4 Å². The van der Waals surface area contributed by atoms with Gasteiger partial charge in [0.1, 0.15) is 5.75 Å². The number of nitrogens with one attached hydrogen (secondary N) is 1. The van der Waals surface area contributed by atoms with Crippen LogP contribution in [0.5, 0.6) is 5.75 Å². The maximum Gasteiger partial charge on any atom is 0.133 e. The zero-order chi connectivity index (χ0) is 15.5. The van der Waals surface area contributed by atoms with Crippen LogP contribution in [-0.2, 0) is 0 Å². The molecular weight excluding hydrogens is 326 g/mol. The minimum atomic E-state index is 0.453. The Morgan fingerprint density at radius 3 is 2.48 bits per heavy atom. The van der Waals surface area contributed by atoms with Gasteiger partial charge in [0.25, 0.3) is 0 Å². The molecule has 21 heavy (non-hydrogen) atoms. The first-order valence-corrected chi connectivity index (χ1v) is 9.09. The van der Waals surface area contributed by atoms with Crippen molar-refractivity contribution < 1.29 is 4.74 Å². The Morgan fingerprint density at radius 2 is 1.86 bits per heavy atom. The molecule has 1 rings (SSSR count). The highest BCUT2D eigenvalue weighted by Crippen LogP contribution is 2.30. The number of ether oxygens (including phenoxy) is 1. The van der Waals surface area contributed by atoms with Crippen molar-refractivity contribution in [3.05, 3.63) is 28.2 Å². The SMILES string of the molecule is CCCCCCCC(NCCC)c1ccc(OC)c(Br)c1. The largest absolute Gasteiger partial charge is 0.496 e. The van der Waals surface area contributed by atoms with Gasteiger partial charge in [-0.1, -0.05) is 52.0 Å². The van der Waals surface area contributed by atoms with Crippen LogP contribution in [0.2, 0.25) is 0 Å². The first-order valence-electron chi connectivity index (χ1n) is 8.29. The summed E-state index contributed by atoms with van der Waals surface area (Å²) in [4.78, 5) is 0. The average molecular weight is 356 g/mol. The Hall–Kier alpha value is -0.540. The lowest BCUT2D eigenvalue weighted by Crippen LogP contribution is -2.22. The standard InChI is InChI=1S/C18H30BrNO/c1-4-6-7-8-9-10-17(20-13-5-2)15-11-12-18(21-3)16(19)14-15/h11-12,14,17,20H,4-10,13H2,1-3H3. The van der Waals surface area contributed by atoms with E-state index in [0.29, 0.717) is 6.04 Å². The van der Waals surface area contributed by atoms with Gasteiger partial charge in [-0.05, 0) is 53.0 Å². The summed E-state index contributed by atoms with van der Waals surface area (Å²) in [7, 11) is 1.71. The van der Waals surface area contributed by atoms with Crippen LogP contribution in [0.3, 0.4) is 0 Å². The molecule has 0 fully saturated rings. The van der Waals surface area contributed by atoms with Crippen LogP contribution in [-0.4, -0.2) is 13.7 Å². The van der Waals surface area contributed by atoms with Crippen LogP contribution in [0, 0.1) is 0 Å². The Kier molecular flexibility index (Phi) is 9.77. The van der Waals surface area contributed by atoms with Gasteiger partial charge in [0.15, 0.2) is 0 Å². The number of rotatable bonds is 11. The first-order chi connectivity index (χ1) is 10.2. The van der Waals surface area contributed by atoms with Crippen molar-refractivity contribution in [1.82, 2.24) is 5.32 Å². The second-order valence-electron chi connectivity index (χ2n) is 5.60. The number of hydrogen-bond acceptors (Lipinski definition) is 2. The highest BCUT2D eigenvalue weighted by molar-refractivity contribution is 9.10. The van der Waals surface area contributed by atoms with Crippen molar-refractivity contribution in [3.8, 4) is 5.75 Å². The lowest BCUT2D eigenvalue weighted by molar-refractivity contribution is 0.411. The molecule has 2 nitrogen and oxygen atoms in total. The predicted octanol–water partition coefficient (Wildman–Crippen LogP) is 5.86. The summed E-state index contributed by atoms with van der Waals surface area (Å²) in [6, 6.07) is 6.88. The van der Waals surface area contributed by atoms with E-state index in [1.165, 1.54) is 50.5 Å². The topological polar surface area (TPSA) is 21.3 Å². The molecule has 1 N–H and O–H groups in total. The van der Waals surface area contributed by atoms with Gasteiger partial charge >= 0.3 is 0 Å². The van der Waals surface area contributed by atoms with Crippen LogP contribution in [0.4, 0.5) is 0 Å². The highest BCUT2D eigenvalue weighted by Gasteiger charge is 2.12. The van der Waals surface area contributed by atoms with Crippen LogP contribution in [0.15, 0.2) is 22.7 Å². The lowest BCUT2D eigenvalue weighted by atomic mass is 9.99. The van der Waals surface area contributed by atoms with Crippen molar-refractivity contribution in [1.29, 1.82) is 0 Å². The minimum Gasteiger partial charge on any atom is -0.496 e. The molecule has 0 aliphatic rings. The smallest absolute Gasteiger partial charge is 0.133 e. The summed E-state index contributed by atoms with van der Waals surface area (Å²) in [6.07, 6.45) is 9.06. The Balaban J connectivity index is 2.61. The van der Waals surface area contributed by atoms with E-state index in [-0.39, 0.29) is 0 Å². The third kappa shape index (κ3) is 6.84. The van der Waals surface area contributed by atoms with E-state index in [1.54, 1.807) is 7.11 Å². The fourth-order valence-corrected chi connectivity index (χ4v) is 3.11. The zero-order valence-corrected chi connectivity index (χ0v) is 15.3. The minimum absolute atomic E-state index is 0.453. The van der Waals surface area contributed by atoms with Crippen molar-refractivity contribution in [2.45, 2.75) is 64.8 Å². The maximum absolute atomic E-state index is 5.32. The van der Waals surface area contributed by atoms with E-state index in [9.17, 15) is 0 Å². The van der Waals surface area contributed by atoms with E-state index in [0.717, 1.165) is 16.8 Å². The predicted molar refractivity (Wildman–Crippen MR) is 95.1 cm³/mol. The molecule has 1 unspecified atom stereocenters. The second-order valence-corrected chi connectivity index (χ2v) is 6.46. The average Bonchev–Trinajstić information content (AvgIpc) is 2.50. The first kappa shape index (κ1) is 18.5. The summed E-state index contributed by atoms with van der Waals surface area (Å²) < 4.78 is 6.36. The van der Waals surface area contributed by atoms with E-state index >= 15 is 0 Å². The molecule has 120 valence electrons. The van der Waals surface area contributed by atoms with Gasteiger partial charge in [-0.3, -0.25) is 0 Å². The molecule has 0 aliphatic carbocycles. The van der Waals surface area contributed by atoms with Crippen molar-refractivity contribution in [3.63, 3.8) is 0 Å². The molecule has 0 saturated heterocycles. The normalized spacial score (nSPS) is 12.4.